The maximum Gasteiger partial charge on any atom is 0.354 e. The minimum absolute atomic E-state index is 0.0357. The fraction of sp³-hybridized carbons (Fsp3) is 0.400. The highest BCUT2D eigenvalue weighted by molar-refractivity contribution is 6.36. The van der Waals surface area contributed by atoms with Gasteiger partial charge in [0.25, 0.3) is 5.69 Å². The number of nitrogens with zero attached hydrogens (tertiary/aromatic N) is 2. The minimum Gasteiger partial charge on any atom is -0.466 e. The molecular weight excluding hydrogens is 354 g/mol. The Morgan fingerprint density at radius 3 is 2.52 bits per heavy atom. The Morgan fingerprint density at radius 2 is 1.92 bits per heavy atom. The van der Waals surface area contributed by atoms with Gasteiger partial charge >= 0.3 is 11.9 Å². The molecule has 9 nitrogen and oxygen atoms in total. The zero-order chi connectivity index (χ0) is 18.8. The van der Waals surface area contributed by atoms with Crippen molar-refractivity contribution in [3.8, 4) is 0 Å². The number of halogens is 1. The third kappa shape index (κ3) is 6.76. The van der Waals surface area contributed by atoms with Crippen LogP contribution in [-0.2, 0) is 19.1 Å². The van der Waals surface area contributed by atoms with E-state index in [1.807, 2.05) is 0 Å². The van der Waals surface area contributed by atoms with Gasteiger partial charge in [-0.3, -0.25) is 20.3 Å². The van der Waals surface area contributed by atoms with Crippen LogP contribution < -0.4 is 5.43 Å². The van der Waals surface area contributed by atoms with Crippen LogP contribution in [0.1, 0.15) is 26.7 Å². The molecule has 1 aromatic carbocycles. The summed E-state index contributed by atoms with van der Waals surface area (Å²) in [6.45, 7) is 3.64. The SMILES string of the molecule is CCOC(=O)CC/C(=N\Nc1ccc(Cl)cc1[N+](=O)[O-])C(=O)OCC. The molecule has 0 fully saturated rings. The first kappa shape index (κ1) is 20.4. The fourth-order valence-corrected chi connectivity index (χ4v) is 1.92. The summed E-state index contributed by atoms with van der Waals surface area (Å²) in [6.07, 6.45) is -0.109. The number of hydrogen-bond acceptors (Lipinski definition) is 8. The van der Waals surface area contributed by atoms with Gasteiger partial charge in [0.2, 0.25) is 0 Å². The van der Waals surface area contributed by atoms with Crippen molar-refractivity contribution in [2.24, 2.45) is 5.10 Å². The molecule has 0 aliphatic carbocycles. The highest BCUT2D eigenvalue weighted by Crippen LogP contribution is 2.27. The Hall–Kier alpha value is -2.68. The van der Waals surface area contributed by atoms with Gasteiger partial charge in [0.1, 0.15) is 11.4 Å². The van der Waals surface area contributed by atoms with Gasteiger partial charge in [0.15, 0.2) is 0 Å². The highest BCUT2D eigenvalue weighted by Gasteiger charge is 2.18. The highest BCUT2D eigenvalue weighted by atomic mass is 35.5. The van der Waals surface area contributed by atoms with Crippen molar-refractivity contribution in [3.05, 3.63) is 33.3 Å². The summed E-state index contributed by atoms with van der Waals surface area (Å²) in [7, 11) is 0. The molecule has 0 atom stereocenters. The van der Waals surface area contributed by atoms with Gasteiger partial charge in [0.05, 0.1) is 24.6 Å². The van der Waals surface area contributed by atoms with E-state index in [2.05, 4.69) is 10.5 Å². The van der Waals surface area contributed by atoms with Crippen LogP contribution in [0.5, 0.6) is 0 Å². The third-order valence-corrected chi connectivity index (χ3v) is 3.09. The molecule has 0 radical (unpaired) electrons. The zero-order valence-electron chi connectivity index (χ0n) is 13.8. The predicted molar refractivity (Wildman–Crippen MR) is 91.7 cm³/mol. The van der Waals surface area contributed by atoms with Gasteiger partial charge in [0, 0.05) is 17.5 Å². The van der Waals surface area contributed by atoms with Gasteiger partial charge in [-0.1, -0.05) is 11.6 Å². The number of benzene rings is 1. The molecule has 0 unspecified atom stereocenters. The number of hydrazone groups is 1. The van der Waals surface area contributed by atoms with Gasteiger partial charge < -0.3 is 9.47 Å². The lowest BCUT2D eigenvalue weighted by Gasteiger charge is -2.08. The van der Waals surface area contributed by atoms with Crippen molar-refractivity contribution in [2.75, 3.05) is 18.6 Å². The molecule has 0 saturated carbocycles. The average Bonchev–Trinajstić information content (AvgIpc) is 2.56. The second kappa shape index (κ2) is 10.2. The van der Waals surface area contributed by atoms with Crippen LogP contribution in [0.3, 0.4) is 0 Å². The summed E-state index contributed by atoms with van der Waals surface area (Å²) in [5.41, 5.74) is 2.11. The molecule has 0 saturated heterocycles. The second-order valence-electron chi connectivity index (χ2n) is 4.61. The fourth-order valence-electron chi connectivity index (χ4n) is 1.75. The van der Waals surface area contributed by atoms with E-state index in [1.54, 1.807) is 13.8 Å². The number of carbonyl (C=O) groups is 2. The lowest BCUT2D eigenvalue weighted by molar-refractivity contribution is -0.383. The number of hydrogen-bond donors (Lipinski definition) is 1. The van der Waals surface area contributed by atoms with E-state index in [4.69, 9.17) is 21.1 Å². The van der Waals surface area contributed by atoms with Gasteiger partial charge in [-0.05, 0) is 26.0 Å². The number of anilines is 1. The van der Waals surface area contributed by atoms with Crippen molar-refractivity contribution in [3.63, 3.8) is 0 Å². The van der Waals surface area contributed by atoms with E-state index >= 15 is 0 Å². The van der Waals surface area contributed by atoms with Crippen molar-refractivity contribution in [2.45, 2.75) is 26.7 Å². The molecule has 1 aromatic rings. The molecular formula is C15H18ClN3O6. The Labute approximate surface area is 149 Å². The van der Waals surface area contributed by atoms with Crippen LogP contribution in [0.4, 0.5) is 11.4 Å². The van der Waals surface area contributed by atoms with Crippen molar-refractivity contribution in [1.29, 1.82) is 0 Å². The first-order valence-corrected chi connectivity index (χ1v) is 7.86. The van der Waals surface area contributed by atoms with E-state index in [-0.39, 0.29) is 48.2 Å². The first-order chi connectivity index (χ1) is 11.9. The van der Waals surface area contributed by atoms with Gasteiger partial charge in [-0.15, -0.1) is 0 Å². The van der Waals surface area contributed by atoms with Crippen LogP contribution in [0.25, 0.3) is 0 Å². The third-order valence-electron chi connectivity index (χ3n) is 2.85. The number of carbonyl (C=O) groups excluding carboxylic acids is 2. The van der Waals surface area contributed by atoms with Crippen LogP contribution in [-0.4, -0.2) is 35.8 Å². The standard InChI is InChI=1S/C15H18ClN3O6/c1-3-24-14(20)8-7-12(15(21)25-4-2)18-17-11-6-5-10(16)9-13(11)19(22)23/h5-6,9,17H,3-4,7-8H2,1-2H3/b18-12+. The predicted octanol–water partition coefficient (Wildman–Crippen LogP) is 2.92. The molecule has 10 heteroatoms. The van der Waals surface area contributed by atoms with E-state index in [0.717, 1.165) is 6.07 Å². The van der Waals surface area contributed by atoms with Crippen molar-refractivity contribution in [1.82, 2.24) is 0 Å². The molecule has 0 heterocycles. The quantitative estimate of drug-likeness (QED) is 0.306. The van der Waals surface area contributed by atoms with Crippen molar-refractivity contribution < 1.29 is 24.0 Å². The number of nitrogens with one attached hydrogen (secondary N) is 1. The largest absolute Gasteiger partial charge is 0.466 e. The Morgan fingerprint density at radius 1 is 1.24 bits per heavy atom. The van der Waals surface area contributed by atoms with E-state index in [0.29, 0.717) is 0 Å². The molecule has 25 heavy (non-hydrogen) atoms. The van der Waals surface area contributed by atoms with Crippen LogP contribution in [0.2, 0.25) is 5.02 Å². The summed E-state index contributed by atoms with van der Waals surface area (Å²) < 4.78 is 9.65. The summed E-state index contributed by atoms with van der Waals surface area (Å²) in [6, 6.07) is 3.95. The molecule has 136 valence electrons. The Balaban J connectivity index is 2.96. The first-order valence-electron chi connectivity index (χ1n) is 7.48. The number of ether oxygens (including phenoxy) is 2. The molecule has 1 rings (SSSR count). The Bertz CT molecular complexity index is 677. The lowest BCUT2D eigenvalue weighted by Crippen LogP contribution is -2.20. The molecule has 0 aromatic heterocycles. The van der Waals surface area contributed by atoms with Crippen molar-refractivity contribution >= 4 is 40.6 Å². The number of nitro groups is 1. The van der Waals surface area contributed by atoms with Crippen LogP contribution >= 0.6 is 11.6 Å². The topological polar surface area (TPSA) is 120 Å². The molecule has 0 bridgehead atoms. The summed E-state index contributed by atoms with van der Waals surface area (Å²) in [5, 5.41) is 15.1. The van der Waals surface area contributed by atoms with E-state index in [9.17, 15) is 19.7 Å². The number of esters is 2. The van der Waals surface area contributed by atoms with Crippen LogP contribution in [0.15, 0.2) is 23.3 Å². The van der Waals surface area contributed by atoms with Gasteiger partial charge in [-0.25, -0.2) is 4.79 Å². The van der Waals surface area contributed by atoms with Crippen LogP contribution in [0, 0.1) is 10.1 Å². The molecule has 0 amide bonds. The molecule has 0 aliphatic heterocycles. The normalized spacial score (nSPS) is 10.9. The summed E-state index contributed by atoms with van der Waals surface area (Å²) >= 11 is 5.74. The molecule has 0 spiro atoms. The summed E-state index contributed by atoms with van der Waals surface area (Å²) in [5.74, 6) is -1.21. The molecule has 0 aliphatic rings. The smallest absolute Gasteiger partial charge is 0.354 e. The van der Waals surface area contributed by atoms with Gasteiger partial charge in [-0.2, -0.15) is 5.10 Å². The summed E-state index contributed by atoms with van der Waals surface area (Å²) in [4.78, 5) is 33.8. The Kier molecular flexibility index (Phi) is 8.34. The van der Waals surface area contributed by atoms with E-state index < -0.39 is 16.9 Å². The second-order valence-corrected chi connectivity index (χ2v) is 5.05. The maximum absolute atomic E-state index is 11.9. The average molecular weight is 372 g/mol. The lowest BCUT2D eigenvalue weighted by atomic mass is 10.2. The number of nitro benzene ring substituents is 1. The number of rotatable bonds is 9. The zero-order valence-corrected chi connectivity index (χ0v) is 14.5. The maximum atomic E-state index is 11.9. The monoisotopic (exact) mass is 371 g/mol. The van der Waals surface area contributed by atoms with E-state index in [1.165, 1.54) is 12.1 Å². The minimum atomic E-state index is -0.726. The molecule has 1 N–H and O–H groups in total.